The summed E-state index contributed by atoms with van der Waals surface area (Å²) in [5, 5.41) is 2.18. The van der Waals surface area contributed by atoms with Gasteiger partial charge in [-0.1, -0.05) is 6.07 Å². The molecule has 1 aliphatic rings. The maximum Gasteiger partial charge on any atom is 0.164 e. The number of ether oxygens (including phenoxy) is 1. The summed E-state index contributed by atoms with van der Waals surface area (Å²) < 4.78 is 8.49. The van der Waals surface area contributed by atoms with Crippen molar-refractivity contribution in [3.63, 3.8) is 0 Å². The molecule has 3 aromatic heterocycles. The molecule has 1 aromatic carbocycles. The van der Waals surface area contributed by atoms with Crippen molar-refractivity contribution >= 4 is 27.8 Å². The topological polar surface area (TPSA) is 56.1 Å². The molecule has 6 heteroatoms. The molecule has 4 aromatic rings. The van der Waals surface area contributed by atoms with E-state index >= 15 is 0 Å². The molecule has 0 atom stereocenters. The lowest BCUT2D eigenvalue weighted by molar-refractivity contribution is 0.173. The molecule has 0 unspecified atom stereocenters. The van der Waals surface area contributed by atoms with Gasteiger partial charge in [-0.05, 0) is 30.3 Å². The molecule has 1 aliphatic heterocycles. The van der Waals surface area contributed by atoms with E-state index in [2.05, 4.69) is 61.9 Å². The summed E-state index contributed by atoms with van der Waals surface area (Å²) >= 11 is 0. The molecular weight excluding hydrogens is 338 g/mol. The molecule has 0 saturated carbocycles. The normalized spacial score (nSPS) is 15.5. The van der Waals surface area contributed by atoms with Gasteiger partial charge in [-0.3, -0.25) is 0 Å². The van der Waals surface area contributed by atoms with E-state index in [1.54, 1.807) is 12.5 Å². The van der Waals surface area contributed by atoms with Gasteiger partial charge in [-0.2, -0.15) is 0 Å². The number of aryl methyl sites for hydroxylation is 1. The van der Waals surface area contributed by atoms with Gasteiger partial charge in [0.05, 0.1) is 10.9 Å². The largest absolute Gasteiger partial charge is 0.490 e. The standard InChI is InChI=1S/C21H21N5O/c1-25-11-9-16-18(25)5-2-6-19(16)27-15-7-12-26(13-8-15)21-17-4-3-10-22-20(17)23-14-24-21/h2-6,9-11,14-15H,7-8,12-13H2,1H3. The summed E-state index contributed by atoms with van der Waals surface area (Å²) in [7, 11) is 2.06. The highest BCUT2D eigenvalue weighted by atomic mass is 16.5. The Hall–Kier alpha value is -3.15. The molecule has 0 spiro atoms. The van der Waals surface area contributed by atoms with Gasteiger partial charge in [0.2, 0.25) is 0 Å². The maximum absolute atomic E-state index is 6.37. The Morgan fingerprint density at radius 1 is 0.963 bits per heavy atom. The molecule has 1 fully saturated rings. The number of rotatable bonds is 3. The molecule has 136 valence electrons. The van der Waals surface area contributed by atoms with Crippen LogP contribution in [0.15, 0.2) is 55.1 Å². The first kappa shape index (κ1) is 16.1. The minimum absolute atomic E-state index is 0.221. The van der Waals surface area contributed by atoms with Gasteiger partial charge >= 0.3 is 0 Å². The van der Waals surface area contributed by atoms with E-state index in [1.807, 2.05) is 12.1 Å². The Kier molecular flexibility index (Phi) is 3.89. The van der Waals surface area contributed by atoms with Gasteiger partial charge in [0.1, 0.15) is 24.0 Å². The van der Waals surface area contributed by atoms with Crippen molar-refractivity contribution in [2.45, 2.75) is 18.9 Å². The number of nitrogens with zero attached hydrogens (tertiary/aromatic N) is 5. The maximum atomic E-state index is 6.37. The lowest BCUT2D eigenvalue weighted by atomic mass is 10.1. The summed E-state index contributed by atoms with van der Waals surface area (Å²) in [4.78, 5) is 15.4. The van der Waals surface area contributed by atoms with Crippen molar-refractivity contribution in [1.82, 2.24) is 19.5 Å². The van der Waals surface area contributed by atoms with Crippen LogP contribution in [0.3, 0.4) is 0 Å². The van der Waals surface area contributed by atoms with Gasteiger partial charge in [-0.25, -0.2) is 15.0 Å². The molecule has 1 saturated heterocycles. The Morgan fingerprint density at radius 2 is 1.85 bits per heavy atom. The van der Waals surface area contributed by atoms with E-state index in [1.165, 1.54) is 10.9 Å². The molecule has 27 heavy (non-hydrogen) atoms. The monoisotopic (exact) mass is 359 g/mol. The smallest absolute Gasteiger partial charge is 0.164 e. The predicted molar refractivity (Wildman–Crippen MR) is 106 cm³/mol. The van der Waals surface area contributed by atoms with Crippen LogP contribution >= 0.6 is 0 Å². The fourth-order valence-electron chi connectivity index (χ4n) is 3.88. The summed E-state index contributed by atoms with van der Waals surface area (Å²) in [6.07, 6.45) is 7.60. The molecular formula is C21H21N5O. The molecule has 0 N–H and O–H groups in total. The lowest BCUT2D eigenvalue weighted by Crippen LogP contribution is -2.38. The summed E-state index contributed by atoms with van der Waals surface area (Å²) in [5.74, 6) is 1.94. The predicted octanol–water partition coefficient (Wildman–Crippen LogP) is 3.56. The van der Waals surface area contributed by atoms with E-state index in [0.29, 0.717) is 0 Å². The SMILES string of the molecule is Cn1ccc2c(OC3CCN(c4ncnc5ncccc45)CC3)cccc21. The highest BCUT2D eigenvalue weighted by Crippen LogP contribution is 2.30. The Bertz CT molecular complexity index is 1090. The second-order valence-corrected chi connectivity index (χ2v) is 6.99. The van der Waals surface area contributed by atoms with Gasteiger partial charge < -0.3 is 14.2 Å². The minimum Gasteiger partial charge on any atom is -0.490 e. The average Bonchev–Trinajstić information content (AvgIpc) is 3.10. The van der Waals surface area contributed by atoms with E-state index in [0.717, 1.165) is 48.5 Å². The first-order valence-electron chi connectivity index (χ1n) is 9.31. The van der Waals surface area contributed by atoms with Crippen molar-refractivity contribution < 1.29 is 4.74 Å². The van der Waals surface area contributed by atoms with Crippen LogP contribution in [0.4, 0.5) is 5.82 Å². The fraction of sp³-hybridized carbons (Fsp3) is 0.286. The van der Waals surface area contributed by atoms with Gasteiger partial charge in [0, 0.05) is 50.8 Å². The van der Waals surface area contributed by atoms with Crippen molar-refractivity contribution in [2.75, 3.05) is 18.0 Å². The quantitative estimate of drug-likeness (QED) is 0.560. The van der Waals surface area contributed by atoms with E-state index in [9.17, 15) is 0 Å². The van der Waals surface area contributed by atoms with Crippen LogP contribution in [0.5, 0.6) is 5.75 Å². The average molecular weight is 359 g/mol. The number of hydrogen-bond donors (Lipinski definition) is 0. The van der Waals surface area contributed by atoms with Crippen LogP contribution < -0.4 is 9.64 Å². The van der Waals surface area contributed by atoms with Crippen LogP contribution in [-0.2, 0) is 7.05 Å². The molecule has 0 aliphatic carbocycles. The zero-order valence-corrected chi connectivity index (χ0v) is 15.2. The number of piperidine rings is 1. The van der Waals surface area contributed by atoms with Crippen LogP contribution in [0.1, 0.15) is 12.8 Å². The van der Waals surface area contributed by atoms with Crippen LogP contribution in [0.2, 0.25) is 0 Å². The molecule has 4 heterocycles. The molecule has 5 rings (SSSR count). The number of anilines is 1. The second kappa shape index (κ2) is 6.54. The van der Waals surface area contributed by atoms with Crippen LogP contribution in [0.25, 0.3) is 21.9 Å². The highest BCUT2D eigenvalue weighted by molar-refractivity contribution is 5.87. The third-order valence-electron chi connectivity index (χ3n) is 5.31. The van der Waals surface area contributed by atoms with Gasteiger partial charge in [-0.15, -0.1) is 0 Å². The zero-order chi connectivity index (χ0) is 18.2. The van der Waals surface area contributed by atoms with Gasteiger partial charge in [0.15, 0.2) is 5.65 Å². The van der Waals surface area contributed by atoms with Crippen molar-refractivity contribution in [1.29, 1.82) is 0 Å². The number of fused-ring (bicyclic) bond motifs is 2. The van der Waals surface area contributed by atoms with Crippen molar-refractivity contribution in [2.24, 2.45) is 7.05 Å². The molecule has 0 amide bonds. The van der Waals surface area contributed by atoms with E-state index in [4.69, 9.17) is 4.74 Å². The number of hydrogen-bond acceptors (Lipinski definition) is 5. The zero-order valence-electron chi connectivity index (χ0n) is 15.2. The molecule has 0 bridgehead atoms. The fourth-order valence-corrected chi connectivity index (χ4v) is 3.88. The number of benzene rings is 1. The van der Waals surface area contributed by atoms with Crippen molar-refractivity contribution in [3.05, 3.63) is 55.1 Å². The van der Waals surface area contributed by atoms with E-state index in [-0.39, 0.29) is 6.10 Å². The Balaban J connectivity index is 1.33. The first-order valence-corrected chi connectivity index (χ1v) is 9.31. The third kappa shape index (κ3) is 2.87. The van der Waals surface area contributed by atoms with Crippen molar-refractivity contribution in [3.8, 4) is 5.75 Å². The summed E-state index contributed by atoms with van der Waals surface area (Å²) in [6, 6.07) is 12.4. The minimum atomic E-state index is 0.221. The van der Waals surface area contributed by atoms with Crippen LogP contribution in [0, 0.1) is 0 Å². The molecule has 0 radical (unpaired) electrons. The van der Waals surface area contributed by atoms with Gasteiger partial charge in [0.25, 0.3) is 0 Å². The lowest BCUT2D eigenvalue weighted by Gasteiger charge is -2.33. The number of aromatic nitrogens is 4. The number of pyridine rings is 1. The molecule has 6 nitrogen and oxygen atoms in total. The van der Waals surface area contributed by atoms with E-state index < -0.39 is 0 Å². The summed E-state index contributed by atoms with van der Waals surface area (Å²) in [5.41, 5.74) is 1.95. The highest BCUT2D eigenvalue weighted by Gasteiger charge is 2.23. The third-order valence-corrected chi connectivity index (χ3v) is 5.31. The van der Waals surface area contributed by atoms with Crippen LogP contribution in [-0.4, -0.2) is 38.7 Å². The Labute approximate surface area is 157 Å². The summed E-state index contributed by atoms with van der Waals surface area (Å²) in [6.45, 7) is 1.83. The first-order chi connectivity index (χ1) is 13.3. The Morgan fingerprint density at radius 3 is 2.74 bits per heavy atom. The second-order valence-electron chi connectivity index (χ2n) is 6.99.